The van der Waals surface area contributed by atoms with Crippen LogP contribution in [0.2, 0.25) is 0 Å². The van der Waals surface area contributed by atoms with Crippen molar-refractivity contribution in [3.63, 3.8) is 0 Å². The van der Waals surface area contributed by atoms with Gasteiger partial charge in [0.15, 0.2) is 0 Å². The molecule has 1 fully saturated rings. The summed E-state index contributed by atoms with van der Waals surface area (Å²) in [5, 5.41) is 9.89. The molecule has 1 aliphatic rings. The van der Waals surface area contributed by atoms with Crippen molar-refractivity contribution in [2.75, 3.05) is 25.4 Å². The lowest BCUT2D eigenvalue weighted by Gasteiger charge is -2.30. The Kier molecular flexibility index (Phi) is 5.73. The van der Waals surface area contributed by atoms with Crippen molar-refractivity contribution in [3.8, 4) is 11.3 Å². The lowest BCUT2D eigenvalue weighted by atomic mass is 9.98. The van der Waals surface area contributed by atoms with Gasteiger partial charge in [-0.2, -0.15) is 5.10 Å². The normalized spacial score (nSPS) is 16.5. The van der Waals surface area contributed by atoms with Gasteiger partial charge in [0.2, 0.25) is 10.0 Å². The van der Waals surface area contributed by atoms with Crippen LogP contribution in [0.15, 0.2) is 36.4 Å². The number of aromatic nitrogens is 2. The highest BCUT2D eigenvalue weighted by Gasteiger charge is 2.26. The average Bonchev–Trinajstić information content (AvgIpc) is 3.17. The number of carbonyl (C=O) groups is 1. The fourth-order valence-corrected chi connectivity index (χ4v) is 4.23. The van der Waals surface area contributed by atoms with Crippen LogP contribution in [0.1, 0.15) is 30.3 Å². The number of rotatable bonds is 6. The molecule has 140 valence electrons. The van der Waals surface area contributed by atoms with Gasteiger partial charge in [-0.05, 0) is 31.7 Å². The maximum atomic E-state index is 12.3. The van der Waals surface area contributed by atoms with Crippen LogP contribution in [0, 0.1) is 5.92 Å². The summed E-state index contributed by atoms with van der Waals surface area (Å²) in [5.41, 5.74) is 2.11. The molecule has 2 N–H and O–H groups in total. The van der Waals surface area contributed by atoms with E-state index in [-0.39, 0.29) is 11.7 Å². The second kappa shape index (κ2) is 8.01. The van der Waals surface area contributed by atoms with Crippen molar-refractivity contribution in [1.82, 2.24) is 19.8 Å². The van der Waals surface area contributed by atoms with Crippen LogP contribution < -0.4 is 5.32 Å². The number of nitrogens with zero attached hydrogens (tertiary/aromatic N) is 2. The molecule has 1 aromatic carbocycles. The zero-order valence-electron chi connectivity index (χ0n) is 14.8. The summed E-state index contributed by atoms with van der Waals surface area (Å²) >= 11 is 0. The first-order chi connectivity index (χ1) is 12.5. The summed E-state index contributed by atoms with van der Waals surface area (Å²) in [6, 6.07) is 11.4. The summed E-state index contributed by atoms with van der Waals surface area (Å²) in [7, 11) is -3.11. The van der Waals surface area contributed by atoms with Crippen LogP contribution in [0.3, 0.4) is 0 Å². The highest BCUT2D eigenvalue weighted by molar-refractivity contribution is 7.89. The van der Waals surface area contributed by atoms with Crippen LogP contribution >= 0.6 is 0 Å². The van der Waals surface area contributed by atoms with Gasteiger partial charge in [0.05, 0.1) is 11.4 Å². The Morgan fingerprint density at radius 3 is 2.62 bits per heavy atom. The van der Waals surface area contributed by atoms with E-state index in [1.165, 1.54) is 0 Å². The Hall–Kier alpha value is -2.19. The Morgan fingerprint density at radius 1 is 1.27 bits per heavy atom. The summed E-state index contributed by atoms with van der Waals surface area (Å²) in [4.78, 5) is 12.3. The molecule has 8 heteroatoms. The molecule has 1 amide bonds. The van der Waals surface area contributed by atoms with Gasteiger partial charge in [0.1, 0.15) is 5.69 Å². The standard InChI is InChI=1S/C18H24N4O3S/c1-2-26(24,25)22-10-8-14(9-11-22)13-19-18(23)17-12-16(20-21-17)15-6-4-3-5-7-15/h3-7,12,14H,2,8-11,13H2,1H3,(H,19,23)(H,20,21). The number of aromatic amines is 1. The number of hydrogen-bond donors (Lipinski definition) is 2. The second-order valence-corrected chi connectivity index (χ2v) is 8.74. The lowest BCUT2D eigenvalue weighted by Crippen LogP contribution is -2.42. The molecular formula is C18H24N4O3S. The zero-order chi connectivity index (χ0) is 18.6. The van der Waals surface area contributed by atoms with Gasteiger partial charge in [-0.15, -0.1) is 0 Å². The summed E-state index contributed by atoms with van der Waals surface area (Å²) in [6.45, 7) is 3.26. The van der Waals surface area contributed by atoms with Crippen molar-refractivity contribution < 1.29 is 13.2 Å². The largest absolute Gasteiger partial charge is 0.350 e. The van der Waals surface area contributed by atoms with Gasteiger partial charge in [0.25, 0.3) is 5.91 Å². The minimum absolute atomic E-state index is 0.137. The van der Waals surface area contributed by atoms with Crippen LogP contribution in [-0.2, 0) is 10.0 Å². The summed E-state index contributed by atoms with van der Waals surface area (Å²) < 4.78 is 25.3. The van der Waals surface area contributed by atoms with E-state index >= 15 is 0 Å². The first-order valence-corrected chi connectivity index (χ1v) is 10.5. The summed E-state index contributed by atoms with van der Waals surface area (Å²) in [6.07, 6.45) is 1.52. The van der Waals surface area contributed by atoms with Crippen LogP contribution in [0.4, 0.5) is 0 Å². The number of amides is 1. The van der Waals surface area contributed by atoms with Crippen LogP contribution in [-0.4, -0.2) is 54.2 Å². The third-order valence-electron chi connectivity index (χ3n) is 4.78. The first kappa shape index (κ1) is 18.6. The number of H-pyrrole nitrogens is 1. The third kappa shape index (κ3) is 4.31. The number of nitrogens with one attached hydrogen (secondary N) is 2. The van der Waals surface area contributed by atoms with Crippen molar-refractivity contribution in [3.05, 3.63) is 42.1 Å². The van der Waals surface area contributed by atoms with Crippen molar-refractivity contribution in [1.29, 1.82) is 0 Å². The number of benzene rings is 1. The van der Waals surface area contributed by atoms with Gasteiger partial charge in [0, 0.05) is 25.2 Å². The Labute approximate surface area is 153 Å². The van der Waals surface area contributed by atoms with Crippen molar-refractivity contribution in [2.24, 2.45) is 5.92 Å². The second-order valence-electron chi connectivity index (χ2n) is 6.49. The van der Waals surface area contributed by atoms with E-state index in [9.17, 15) is 13.2 Å². The number of piperidine rings is 1. The van der Waals surface area contributed by atoms with Gasteiger partial charge in [-0.3, -0.25) is 9.89 Å². The van der Waals surface area contributed by atoms with Crippen LogP contribution in [0.25, 0.3) is 11.3 Å². The fourth-order valence-electron chi connectivity index (χ4n) is 3.10. The molecule has 0 spiro atoms. The van der Waals surface area contributed by atoms with E-state index in [2.05, 4.69) is 15.5 Å². The fraction of sp³-hybridized carbons (Fsp3) is 0.444. The number of carbonyl (C=O) groups excluding carboxylic acids is 1. The maximum Gasteiger partial charge on any atom is 0.269 e. The molecule has 2 heterocycles. The molecule has 1 saturated heterocycles. The molecule has 0 bridgehead atoms. The Balaban J connectivity index is 1.50. The molecule has 0 aliphatic carbocycles. The SMILES string of the molecule is CCS(=O)(=O)N1CCC(CNC(=O)c2cc(-c3ccccc3)n[nH]2)CC1. The van der Waals surface area contributed by atoms with E-state index in [0.717, 1.165) is 24.1 Å². The Bertz CT molecular complexity index is 840. The zero-order valence-corrected chi connectivity index (χ0v) is 15.6. The number of sulfonamides is 1. The maximum absolute atomic E-state index is 12.3. The smallest absolute Gasteiger partial charge is 0.269 e. The van der Waals surface area contributed by atoms with Crippen LogP contribution in [0.5, 0.6) is 0 Å². The average molecular weight is 376 g/mol. The molecule has 0 atom stereocenters. The molecule has 2 aromatic rings. The topological polar surface area (TPSA) is 95.2 Å². The first-order valence-electron chi connectivity index (χ1n) is 8.86. The minimum Gasteiger partial charge on any atom is -0.350 e. The summed E-state index contributed by atoms with van der Waals surface area (Å²) in [5.74, 6) is 0.236. The van der Waals surface area contributed by atoms with E-state index < -0.39 is 10.0 Å². The van der Waals surface area contributed by atoms with E-state index in [1.54, 1.807) is 17.3 Å². The monoisotopic (exact) mass is 376 g/mol. The number of hydrogen-bond acceptors (Lipinski definition) is 4. The predicted octanol–water partition coefficient (Wildman–Crippen LogP) is 1.87. The van der Waals surface area contributed by atoms with Gasteiger partial charge >= 0.3 is 0 Å². The van der Waals surface area contributed by atoms with E-state index in [0.29, 0.717) is 31.2 Å². The molecular weight excluding hydrogens is 352 g/mol. The minimum atomic E-state index is -3.11. The van der Waals surface area contributed by atoms with Crippen molar-refractivity contribution >= 4 is 15.9 Å². The van der Waals surface area contributed by atoms with Gasteiger partial charge in [-0.1, -0.05) is 30.3 Å². The Morgan fingerprint density at radius 2 is 1.96 bits per heavy atom. The quantitative estimate of drug-likeness (QED) is 0.804. The molecule has 1 aliphatic heterocycles. The van der Waals surface area contributed by atoms with Gasteiger partial charge in [-0.25, -0.2) is 12.7 Å². The highest BCUT2D eigenvalue weighted by Crippen LogP contribution is 2.20. The van der Waals surface area contributed by atoms with Crippen molar-refractivity contribution in [2.45, 2.75) is 19.8 Å². The molecule has 1 aromatic heterocycles. The molecule has 0 unspecified atom stereocenters. The molecule has 3 rings (SSSR count). The van der Waals surface area contributed by atoms with E-state index in [1.807, 2.05) is 30.3 Å². The molecule has 26 heavy (non-hydrogen) atoms. The third-order valence-corrected chi connectivity index (χ3v) is 6.66. The predicted molar refractivity (Wildman–Crippen MR) is 100 cm³/mol. The van der Waals surface area contributed by atoms with Gasteiger partial charge < -0.3 is 5.32 Å². The molecule has 0 radical (unpaired) electrons. The molecule has 0 saturated carbocycles. The highest BCUT2D eigenvalue weighted by atomic mass is 32.2. The molecule has 7 nitrogen and oxygen atoms in total. The van der Waals surface area contributed by atoms with E-state index in [4.69, 9.17) is 0 Å². The lowest BCUT2D eigenvalue weighted by molar-refractivity contribution is 0.0936.